The fourth-order valence-electron chi connectivity index (χ4n) is 1.46. The van der Waals surface area contributed by atoms with E-state index in [4.69, 9.17) is 0 Å². The first-order valence-electron chi connectivity index (χ1n) is 4.27. The Bertz CT molecular complexity index is 68.9. The van der Waals surface area contributed by atoms with E-state index in [-0.39, 0.29) is 13.5 Å². The first-order valence-corrected chi connectivity index (χ1v) is 4.27. The average Bonchev–Trinajstić information content (AvgIpc) is 1.81. The molecule has 0 aromatic heterocycles. The molecule has 0 amide bonds. The zero-order valence-electron chi connectivity index (χ0n) is 7.59. The maximum absolute atomic E-state index is 9.31. The lowest BCUT2D eigenvalue weighted by atomic mass is 9.87. The zero-order valence-corrected chi connectivity index (χ0v) is 7.59. The first kappa shape index (κ1) is 13.5. The van der Waals surface area contributed by atoms with E-state index in [9.17, 15) is 5.11 Å². The van der Waals surface area contributed by atoms with Crippen molar-refractivity contribution in [1.29, 1.82) is 0 Å². The molecule has 1 heteroatoms. The molecule has 70 valence electrons. The van der Waals surface area contributed by atoms with Gasteiger partial charge in [-0.25, -0.2) is 0 Å². The summed E-state index contributed by atoms with van der Waals surface area (Å²) in [6.07, 6.45) is 2.18. The molecule has 0 aliphatic rings. The number of hydrogen-bond donors (Lipinski definition) is 1. The smallest absolute Gasteiger partial charge is 0.0542 e. The summed E-state index contributed by atoms with van der Waals surface area (Å²) in [4.78, 5) is 0. The average molecular weight is 160 g/mol. The molecule has 0 heterocycles. The largest absolute Gasteiger partial charge is 0.393 e. The van der Waals surface area contributed by atoms with Crippen molar-refractivity contribution in [2.24, 2.45) is 11.8 Å². The summed E-state index contributed by atoms with van der Waals surface area (Å²) in [5.41, 5.74) is 0. The Morgan fingerprint density at radius 2 is 1.64 bits per heavy atom. The van der Waals surface area contributed by atoms with Gasteiger partial charge in [0.15, 0.2) is 0 Å². The minimum Gasteiger partial charge on any atom is -0.393 e. The van der Waals surface area contributed by atoms with E-state index in [1.165, 1.54) is 6.42 Å². The number of hydrogen-bond acceptors (Lipinski definition) is 1. The molecule has 0 saturated heterocycles. The molecular weight excluding hydrogens is 136 g/mol. The summed E-state index contributed by atoms with van der Waals surface area (Å²) in [6.45, 7) is 8.40. The second-order valence-corrected chi connectivity index (χ2v) is 3.44. The standard InChI is InChI=1S/C9H20O.CH4/c1-5-6-9(7(2)3)8(4)10;/h7-10H,5-6H2,1-4H3;1H4/t8-,9-;/m0./s1. The van der Waals surface area contributed by atoms with Crippen molar-refractivity contribution in [1.82, 2.24) is 0 Å². The highest BCUT2D eigenvalue weighted by Gasteiger charge is 2.16. The lowest BCUT2D eigenvalue weighted by Gasteiger charge is -2.22. The third kappa shape index (κ3) is 5.25. The summed E-state index contributed by atoms with van der Waals surface area (Å²) in [7, 11) is 0. The maximum Gasteiger partial charge on any atom is 0.0542 e. The normalized spacial score (nSPS) is 15.8. The molecule has 0 aliphatic heterocycles. The SMILES string of the molecule is C.CCC[C@@H](C(C)C)[C@H](C)O. The Kier molecular flexibility index (Phi) is 8.20. The highest BCUT2D eigenvalue weighted by Crippen LogP contribution is 2.20. The van der Waals surface area contributed by atoms with Crippen molar-refractivity contribution in [2.75, 3.05) is 0 Å². The van der Waals surface area contributed by atoms with E-state index in [0.717, 1.165) is 6.42 Å². The Balaban J connectivity index is 0. The molecule has 0 aromatic rings. The highest BCUT2D eigenvalue weighted by atomic mass is 16.3. The van der Waals surface area contributed by atoms with Gasteiger partial charge < -0.3 is 5.11 Å². The molecule has 0 radical (unpaired) electrons. The van der Waals surface area contributed by atoms with Crippen LogP contribution in [0.5, 0.6) is 0 Å². The molecule has 0 bridgehead atoms. The van der Waals surface area contributed by atoms with Crippen molar-refractivity contribution in [3.63, 3.8) is 0 Å². The van der Waals surface area contributed by atoms with E-state index in [1.807, 2.05) is 6.92 Å². The molecule has 0 unspecified atom stereocenters. The lowest BCUT2D eigenvalue weighted by molar-refractivity contribution is 0.0914. The van der Waals surface area contributed by atoms with Crippen LogP contribution in [0.25, 0.3) is 0 Å². The topological polar surface area (TPSA) is 20.2 Å². The summed E-state index contributed by atoms with van der Waals surface area (Å²) < 4.78 is 0. The van der Waals surface area contributed by atoms with Crippen LogP contribution >= 0.6 is 0 Å². The van der Waals surface area contributed by atoms with Crippen LogP contribution in [0.1, 0.15) is 48.0 Å². The Labute approximate surface area is 71.8 Å². The molecule has 0 fully saturated rings. The van der Waals surface area contributed by atoms with Crippen LogP contribution in [0, 0.1) is 11.8 Å². The van der Waals surface area contributed by atoms with Gasteiger partial charge in [0.05, 0.1) is 6.10 Å². The first-order chi connectivity index (χ1) is 4.59. The van der Waals surface area contributed by atoms with Crippen LogP contribution in [0.2, 0.25) is 0 Å². The molecular formula is C10H24O. The highest BCUT2D eigenvalue weighted by molar-refractivity contribution is 4.67. The number of rotatable bonds is 4. The van der Waals surface area contributed by atoms with Gasteiger partial charge in [0.1, 0.15) is 0 Å². The van der Waals surface area contributed by atoms with E-state index < -0.39 is 0 Å². The minimum absolute atomic E-state index is 0. The number of aliphatic hydroxyl groups is 1. The molecule has 1 N–H and O–H groups in total. The number of aliphatic hydroxyl groups excluding tert-OH is 1. The lowest BCUT2D eigenvalue weighted by Crippen LogP contribution is -2.21. The van der Waals surface area contributed by atoms with Gasteiger partial charge >= 0.3 is 0 Å². The van der Waals surface area contributed by atoms with Crippen LogP contribution in [-0.2, 0) is 0 Å². The molecule has 11 heavy (non-hydrogen) atoms. The fraction of sp³-hybridized carbons (Fsp3) is 1.00. The minimum atomic E-state index is -0.139. The predicted molar refractivity (Wildman–Crippen MR) is 51.6 cm³/mol. The van der Waals surface area contributed by atoms with Crippen molar-refractivity contribution in [3.8, 4) is 0 Å². The molecule has 0 aromatic carbocycles. The van der Waals surface area contributed by atoms with Gasteiger partial charge in [-0.05, 0) is 25.2 Å². The zero-order chi connectivity index (χ0) is 8.15. The van der Waals surface area contributed by atoms with E-state index in [1.54, 1.807) is 0 Å². The molecule has 0 saturated carbocycles. The molecule has 0 aliphatic carbocycles. The third-order valence-corrected chi connectivity index (χ3v) is 2.10. The second-order valence-electron chi connectivity index (χ2n) is 3.44. The summed E-state index contributed by atoms with van der Waals surface area (Å²) >= 11 is 0. The van der Waals surface area contributed by atoms with Crippen LogP contribution < -0.4 is 0 Å². The van der Waals surface area contributed by atoms with E-state index >= 15 is 0 Å². The maximum atomic E-state index is 9.31. The van der Waals surface area contributed by atoms with Gasteiger partial charge in [-0.2, -0.15) is 0 Å². The molecule has 0 spiro atoms. The van der Waals surface area contributed by atoms with Gasteiger partial charge in [-0.15, -0.1) is 0 Å². The Morgan fingerprint density at radius 1 is 1.18 bits per heavy atom. The summed E-state index contributed by atoms with van der Waals surface area (Å²) in [5, 5.41) is 9.31. The third-order valence-electron chi connectivity index (χ3n) is 2.10. The Hall–Kier alpha value is -0.0400. The van der Waals surface area contributed by atoms with Crippen LogP contribution in [0.3, 0.4) is 0 Å². The Morgan fingerprint density at radius 3 is 1.73 bits per heavy atom. The quantitative estimate of drug-likeness (QED) is 0.670. The van der Waals surface area contributed by atoms with Crippen LogP contribution in [-0.4, -0.2) is 11.2 Å². The van der Waals surface area contributed by atoms with Crippen molar-refractivity contribution >= 4 is 0 Å². The molecule has 2 atom stereocenters. The van der Waals surface area contributed by atoms with Gasteiger partial charge in [0.25, 0.3) is 0 Å². The second kappa shape index (κ2) is 6.66. The molecule has 1 nitrogen and oxygen atoms in total. The van der Waals surface area contributed by atoms with Gasteiger partial charge in [0.2, 0.25) is 0 Å². The van der Waals surface area contributed by atoms with Gasteiger partial charge in [-0.1, -0.05) is 34.6 Å². The van der Waals surface area contributed by atoms with Crippen LogP contribution in [0.4, 0.5) is 0 Å². The monoisotopic (exact) mass is 160 g/mol. The van der Waals surface area contributed by atoms with Crippen molar-refractivity contribution in [2.45, 2.75) is 54.1 Å². The van der Waals surface area contributed by atoms with Gasteiger partial charge in [-0.3, -0.25) is 0 Å². The van der Waals surface area contributed by atoms with E-state index in [0.29, 0.717) is 11.8 Å². The summed E-state index contributed by atoms with van der Waals surface area (Å²) in [6, 6.07) is 0. The van der Waals surface area contributed by atoms with E-state index in [2.05, 4.69) is 20.8 Å². The van der Waals surface area contributed by atoms with Crippen molar-refractivity contribution < 1.29 is 5.11 Å². The predicted octanol–water partition coefficient (Wildman–Crippen LogP) is 3.08. The molecule has 0 rings (SSSR count). The summed E-state index contributed by atoms with van der Waals surface area (Å²) in [5.74, 6) is 1.10. The van der Waals surface area contributed by atoms with Gasteiger partial charge in [0, 0.05) is 0 Å². The van der Waals surface area contributed by atoms with Crippen molar-refractivity contribution in [3.05, 3.63) is 0 Å². The van der Waals surface area contributed by atoms with Crippen LogP contribution in [0.15, 0.2) is 0 Å². The fourth-order valence-corrected chi connectivity index (χ4v) is 1.46.